The highest BCUT2D eigenvalue weighted by atomic mass is 35.5. The molecule has 0 amide bonds. The number of piperidine rings is 1. The second kappa shape index (κ2) is 8.74. The van der Waals surface area contributed by atoms with Gasteiger partial charge in [0.1, 0.15) is 23.5 Å². The van der Waals surface area contributed by atoms with Gasteiger partial charge in [0.05, 0.1) is 16.4 Å². The molecule has 0 N–H and O–H groups in total. The first-order valence-corrected chi connectivity index (χ1v) is 9.24. The third-order valence-electron chi connectivity index (χ3n) is 4.17. The van der Waals surface area contributed by atoms with Gasteiger partial charge >= 0.3 is 6.01 Å². The van der Waals surface area contributed by atoms with Gasteiger partial charge < -0.3 is 4.74 Å². The van der Waals surface area contributed by atoms with E-state index in [0.717, 1.165) is 11.3 Å². The molecule has 7 nitrogen and oxygen atoms in total. The summed E-state index contributed by atoms with van der Waals surface area (Å²) in [5.74, 6) is 0. The van der Waals surface area contributed by atoms with Crippen LogP contribution in [0.4, 0.5) is 8.78 Å². The van der Waals surface area contributed by atoms with Crippen LogP contribution in [-0.4, -0.2) is 45.6 Å². The van der Waals surface area contributed by atoms with Crippen molar-refractivity contribution in [2.45, 2.75) is 31.4 Å². The van der Waals surface area contributed by atoms with Crippen LogP contribution in [0.1, 0.15) is 35.9 Å². The summed E-state index contributed by atoms with van der Waals surface area (Å²) in [4.78, 5) is 25.0. The van der Waals surface area contributed by atoms with Crippen molar-refractivity contribution in [3.8, 4) is 6.01 Å². The molecule has 3 heterocycles. The fraction of sp³-hybridized carbons (Fsp3) is 0.533. The summed E-state index contributed by atoms with van der Waals surface area (Å²) in [5, 5.41) is 3.24. The molecular formula is C15H16ClF2N5O2S. The molecule has 140 valence electrons. The van der Waals surface area contributed by atoms with E-state index in [9.17, 15) is 13.7 Å². The second-order valence-electron chi connectivity index (χ2n) is 5.75. The number of alkyl halides is 2. The van der Waals surface area contributed by atoms with Gasteiger partial charge in [0, 0.05) is 19.3 Å². The van der Waals surface area contributed by atoms with Crippen LogP contribution < -0.4 is 4.74 Å². The Labute approximate surface area is 157 Å². The number of nitroso groups, excluding NO2 is 1. The molecule has 1 atom stereocenters. The number of hydrogen-bond acceptors (Lipinski definition) is 8. The maximum atomic E-state index is 13.1. The van der Waals surface area contributed by atoms with E-state index in [4.69, 9.17) is 16.3 Å². The van der Waals surface area contributed by atoms with Crippen molar-refractivity contribution in [2.24, 2.45) is 5.18 Å². The smallest absolute Gasteiger partial charge is 0.318 e. The van der Waals surface area contributed by atoms with Gasteiger partial charge in [0.15, 0.2) is 0 Å². The van der Waals surface area contributed by atoms with Gasteiger partial charge in [-0.3, -0.25) is 4.90 Å². The summed E-state index contributed by atoms with van der Waals surface area (Å²) in [7, 11) is 0. The second-order valence-corrected chi connectivity index (χ2v) is 7.02. The van der Waals surface area contributed by atoms with Gasteiger partial charge in [-0.1, -0.05) is 16.8 Å². The SMILES string of the molecule is O=NCC(c1scnc1C(F)F)N1CCC(Oc2nccc(Cl)n2)CC1. The predicted octanol–water partition coefficient (Wildman–Crippen LogP) is 3.88. The van der Waals surface area contributed by atoms with E-state index < -0.39 is 12.5 Å². The fourth-order valence-electron chi connectivity index (χ4n) is 2.94. The minimum absolute atomic E-state index is 0.0924. The van der Waals surface area contributed by atoms with Crippen molar-refractivity contribution in [1.82, 2.24) is 19.9 Å². The molecule has 0 aliphatic carbocycles. The normalized spacial score (nSPS) is 17.4. The first-order valence-electron chi connectivity index (χ1n) is 7.98. The molecule has 2 aromatic rings. The van der Waals surface area contributed by atoms with E-state index in [1.165, 1.54) is 11.7 Å². The van der Waals surface area contributed by atoms with E-state index in [2.05, 4.69) is 20.1 Å². The Balaban J connectivity index is 1.64. The van der Waals surface area contributed by atoms with Crippen LogP contribution in [0.3, 0.4) is 0 Å². The van der Waals surface area contributed by atoms with E-state index >= 15 is 0 Å². The summed E-state index contributed by atoms with van der Waals surface area (Å²) in [6.07, 6.45) is 0.0282. The Morgan fingerprint density at radius 2 is 2.15 bits per heavy atom. The molecule has 26 heavy (non-hydrogen) atoms. The summed E-state index contributed by atoms with van der Waals surface area (Å²) in [6, 6.07) is 1.28. The van der Waals surface area contributed by atoms with Gasteiger partial charge in [-0.05, 0) is 18.9 Å². The molecule has 0 radical (unpaired) electrons. The average molecular weight is 404 g/mol. The summed E-state index contributed by atoms with van der Waals surface area (Å²) >= 11 is 6.94. The quantitative estimate of drug-likeness (QED) is 0.515. The Kier molecular flexibility index (Phi) is 6.38. The lowest BCUT2D eigenvalue weighted by Gasteiger charge is -2.36. The molecule has 1 fully saturated rings. The van der Waals surface area contributed by atoms with E-state index in [1.807, 2.05) is 4.90 Å². The zero-order valence-corrected chi connectivity index (χ0v) is 15.2. The van der Waals surface area contributed by atoms with Crippen molar-refractivity contribution in [3.63, 3.8) is 0 Å². The first kappa shape index (κ1) is 19.0. The number of thiazole rings is 1. The Bertz CT molecular complexity index is 742. The van der Waals surface area contributed by atoms with Crippen LogP contribution in [0.2, 0.25) is 5.15 Å². The molecule has 1 unspecified atom stereocenters. The van der Waals surface area contributed by atoms with Gasteiger partial charge in [-0.2, -0.15) is 9.89 Å². The van der Waals surface area contributed by atoms with E-state index in [1.54, 1.807) is 6.07 Å². The van der Waals surface area contributed by atoms with Crippen LogP contribution in [-0.2, 0) is 0 Å². The van der Waals surface area contributed by atoms with Crippen molar-refractivity contribution in [2.75, 3.05) is 19.6 Å². The number of ether oxygens (including phenoxy) is 1. The lowest BCUT2D eigenvalue weighted by Crippen LogP contribution is -2.41. The number of hydrogen-bond donors (Lipinski definition) is 0. The molecule has 1 aliphatic heterocycles. The molecule has 2 aromatic heterocycles. The molecule has 0 saturated carbocycles. The third-order valence-corrected chi connectivity index (χ3v) is 5.33. The van der Waals surface area contributed by atoms with Crippen LogP contribution >= 0.6 is 22.9 Å². The maximum Gasteiger partial charge on any atom is 0.318 e. The van der Waals surface area contributed by atoms with Crippen molar-refractivity contribution in [1.29, 1.82) is 0 Å². The molecule has 0 spiro atoms. The fourth-order valence-corrected chi connectivity index (χ4v) is 3.99. The number of halogens is 3. The van der Waals surface area contributed by atoms with Crippen molar-refractivity contribution < 1.29 is 13.5 Å². The average Bonchev–Trinajstić information content (AvgIpc) is 3.10. The summed E-state index contributed by atoms with van der Waals surface area (Å²) in [6.45, 7) is 1.06. The van der Waals surface area contributed by atoms with Crippen LogP contribution in [0.5, 0.6) is 6.01 Å². The molecule has 3 rings (SSSR count). The third kappa shape index (κ3) is 4.49. The molecular weight excluding hydrogens is 388 g/mol. The largest absolute Gasteiger partial charge is 0.460 e. The lowest BCUT2D eigenvalue weighted by atomic mass is 10.0. The van der Waals surface area contributed by atoms with Crippen LogP contribution in [0.25, 0.3) is 0 Å². The molecule has 0 aromatic carbocycles. The maximum absolute atomic E-state index is 13.1. The monoisotopic (exact) mass is 403 g/mol. The minimum Gasteiger partial charge on any atom is -0.460 e. The lowest BCUT2D eigenvalue weighted by molar-refractivity contribution is 0.0700. The Morgan fingerprint density at radius 3 is 2.81 bits per heavy atom. The first-order chi connectivity index (χ1) is 12.6. The minimum atomic E-state index is -2.67. The topological polar surface area (TPSA) is 80.6 Å². The van der Waals surface area contributed by atoms with Gasteiger partial charge in [0.2, 0.25) is 0 Å². The number of rotatable bonds is 7. The zero-order valence-electron chi connectivity index (χ0n) is 13.6. The van der Waals surface area contributed by atoms with Gasteiger partial charge in [-0.15, -0.1) is 11.3 Å². The van der Waals surface area contributed by atoms with E-state index in [-0.39, 0.29) is 24.4 Å². The number of aromatic nitrogens is 3. The highest BCUT2D eigenvalue weighted by Crippen LogP contribution is 2.35. The van der Waals surface area contributed by atoms with Crippen LogP contribution in [0, 0.1) is 4.91 Å². The Morgan fingerprint density at radius 1 is 1.38 bits per heavy atom. The highest BCUT2D eigenvalue weighted by molar-refractivity contribution is 7.09. The number of nitrogens with zero attached hydrogens (tertiary/aromatic N) is 5. The highest BCUT2D eigenvalue weighted by Gasteiger charge is 2.32. The van der Waals surface area contributed by atoms with Crippen LogP contribution in [0.15, 0.2) is 23.0 Å². The van der Waals surface area contributed by atoms with Gasteiger partial charge in [0.25, 0.3) is 6.43 Å². The molecule has 1 aliphatic rings. The zero-order chi connectivity index (χ0) is 18.5. The van der Waals surface area contributed by atoms with Gasteiger partial charge in [-0.25, -0.2) is 18.7 Å². The standard InChI is InChI=1S/C15H16ClF2N5O2S/c16-11-1-4-19-15(22-11)25-9-2-5-23(6-3-9)10(7-21-24)13-12(14(17)18)20-8-26-13/h1,4,8-10,14H,2-3,5-7H2. The number of likely N-dealkylation sites (tertiary alicyclic amines) is 1. The molecule has 0 bridgehead atoms. The molecule has 1 saturated heterocycles. The predicted molar refractivity (Wildman–Crippen MR) is 92.7 cm³/mol. The molecule has 11 heteroatoms. The van der Waals surface area contributed by atoms with Crippen molar-refractivity contribution >= 4 is 22.9 Å². The van der Waals surface area contributed by atoms with Crippen molar-refractivity contribution in [3.05, 3.63) is 38.4 Å². The Hall–Kier alpha value is -1.78. The van der Waals surface area contributed by atoms with E-state index in [0.29, 0.717) is 36.0 Å². The summed E-state index contributed by atoms with van der Waals surface area (Å²) in [5.41, 5.74) is 1.11. The summed E-state index contributed by atoms with van der Waals surface area (Å²) < 4.78 is 32.0.